The summed E-state index contributed by atoms with van der Waals surface area (Å²) in [5.74, 6) is 0. The molecule has 9 aromatic rings. The van der Waals surface area contributed by atoms with Gasteiger partial charge in [-0.25, -0.2) is 0 Å². The molecule has 0 atom stereocenters. The van der Waals surface area contributed by atoms with E-state index >= 15 is 0 Å². The molecule has 10 rings (SSSR count). The molecule has 0 saturated carbocycles. The molecule has 0 fully saturated rings. The van der Waals surface area contributed by atoms with E-state index in [1.54, 1.807) is 0 Å². The van der Waals surface area contributed by atoms with Gasteiger partial charge in [0.2, 0.25) is 0 Å². The SMILES string of the molecule is C=C1/C=C\C=C/CN(c2ccc(-c3ccc(N(c4ccc(-c5ccccc5)cc4)c4ccc5sc6ccccc6c5c4)cc3)cc2)c2c1ccc1ccccc21. The monoisotopic (exact) mass is 734 g/mol. The quantitative estimate of drug-likeness (QED) is 0.168. The zero-order chi connectivity index (χ0) is 37.4. The Kier molecular flexibility index (Phi) is 8.63. The summed E-state index contributed by atoms with van der Waals surface area (Å²) < 4.78 is 2.61. The van der Waals surface area contributed by atoms with Gasteiger partial charge in [0.25, 0.3) is 0 Å². The van der Waals surface area contributed by atoms with Gasteiger partial charge >= 0.3 is 0 Å². The van der Waals surface area contributed by atoms with Gasteiger partial charge in [-0.3, -0.25) is 0 Å². The fourth-order valence-electron chi connectivity index (χ4n) is 8.01. The molecule has 0 N–H and O–H groups in total. The Labute approximate surface area is 331 Å². The van der Waals surface area contributed by atoms with Gasteiger partial charge in [0.1, 0.15) is 0 Å². The van der Waals surface area contributed by atoms with Gasteiger partial charge in [-0.15, -0.1) is 11.3 Å². The zero-order valence-electron chi connectivity index (χ0n) is 30.8. The van der Waals surface area contributed by atoms with E-state index in [4.69, 9.17) is 0 Å². The van der Waals surface area contributed by atoms with E-state index in [0.29, 0.717) is 0 Å². The highest BCUT2D eigenvalue weighted by Gasteiger charge is 2.19. The topological polar surface area (TPSA) is 6.48 Å². The van der Waals surface area contributed by atoms with Crippen LogP contribution >= 0.6 is 11.3 Å². The van der Waals surface area contributed by atoms with Crippen molar-refractivity contribution in [1.82, 2.24) is 0 Å². The van der Waals surface area contributed by atoms with Crippen LogP contribution in [0.25, 0.3) is 58.8 Å². The van der Waals surface area contributed by atoms with Crippen molar-refractivity contribution in [2.45, 2.75) is 0 Å². The number of hydrogen-bond donors (Lipinski definition) is 0. The third-order valence-corrected chi connectivity index (χ3v) is 12.0. The molecule has 56 heavy (non-hydrogen) atoms. The lowest BCUT2D eigenvalue weighted by Gasteiger charge is -2.28. The first kappa shape index (κ1) is 33.6. The summed E-state index contributed by atoms with van der Waals surface area (Å²) in [4.78, 5) is 4.78. The average Bonchev–Trinajstić information content (AvgIpc) is 3.66. The van der Waals surface area contributed by atoms with Crippen molar-refractivity contribution < 1.29 is 0 Å². The highest BCUT2D eigenvalue weighted by molar-refractivity contribution is 7.25. The number of hydrogen-bond acceptors (Lipinski definition) is 3. The number of nitrogens with zero attached hydrogens (tertiary/aromatic N) is 2. The summed E-state index contributed by atoms with van der Waals surface area (Å²) in [5, 5.41) is 5.03. The highest BCUT2D eigenvalue weighted by Crippen LogP contribution is 2.43. The predicted molar refractivity (Wildman–Crippen MR) is 243 cm³/mol. The first-order valence-corrected chi connectivity index (χ1v) is 19.9. The maximum Gasteiger partial charge on any atom is 0.0572 e. The van der Waals surface area contributed by atoms with Crippen LogP contribution in [0.2, 0.25) is 0 Å². The fourth-order valence-corrected chi connectivity index (χ4v) is 9.09. The van der Waals surface area contributed by atoms with Crippen LogP contribution in [0.1, 0.15) is 5.56 Å². The van der Waals surface area contributed by atoms with Crippen LogP contribution in [0, 0.1) is 0 Å². The molecular formula is C53H38N2S. The van der Waals surface area contributed by atoms with E-state index in [0.717, 1.165) is 40.4 Å². The van der Waals surface area contributed by atoms with Crippen molar-refractivity contribution in [1.29, 1.82) is 0 Å². The minimum atomic E-state index is 0.752. The van der Waals surface area contributed by atoms with E-state index < -0.39 is 0 Å². The molecule has 2 heterocycles. The Morgan fingerprint density at radius 2 is 1.07 bits per heavy atom. The Balaban J connectivity index is 1.01. The largest absolute Gasteiger partial charge is 0.337 e. The lowest BCUT2D eigenvalue weighted by Crippen LogP contribution is -2.18. The Morgan fingerprint density at radius 1 is 0.482 bits per heavy atom. The van der Waals surface area contributed by atoms with Crippen molar-refractivity contribution in [3.63, 3.8) is 0 Å². The van der Waals surface area contributed by atoms with Gasteiger partial charge in [-0.05, 0) is 93.9 Å². The third-order valence-electron chi connectivity index (χ3n) is 10.8. The Morgan fingerprint density at radius 3 is 1.80 bits per heavy atom. The van der Waals surface area contributed by atoms with Crippen molar-refractivity contribution in [2.75, 3.05) is 16.3 Å². The zero-order valence-corrected chi connectivity index (χ0v) is 31.7. The van der Waals surface area contributed by atoms with Crippen LogP contribution < -0.4 is 9.80 Å². The second-order valence-corrected chi connectivity index (χ2v) is 15.3. The highest BCUT2D eigenvalue weighted by atomic mass is 32.1. The van der Waals surface area contributed by atoms with Crippen LogP contribution in [0.5, 0.6) is 0 Å². The van der Waals surface area contributed by atoms with E-state index in [9.17, 15) is 0 Å². The van der Waals surface area contributed by atoms with E-state index in [1.807, 2.05) is 11.3 Å². The van der Waals surface area contributed by atoms with E-state index in [1.165, 1.54) is 58.9 Å². The molecule has 0 radical (unpaired) electrons. The third kappa shape index (κ3) is 6.18. The standard InChI is InChI=1S/C53H38N2S/c1-37-12-4-3-11-35-54(53-47(37)33-25-42-15-7-8-16-48(42)53)43-26-19-40(20-27-43)41-23-30-45(31-24-41)55(44-28-21-39(22-29-44)38-13-5-2-6-14-38)46-32-34-52-50(36-46)49-17-9-10-18-51(49)56-52/h2-34,36H,1,35H2/b11-3-,12-4-. The molecule has 1 aromatic heterocycles. The molecule has 3 heteroatoms. The molecule has 0 saturated heterocycles. The maximum absolute atomic E-state index is 4.43. The molecule has 266 valence electrons. The minimum absolute atomic E-state index is 0.752. The van der Waals surface area contributed by atoms with Gasteiger partial charge in [-0.1, -0.05) is 152 Å². The van der Waals surface area contributed by atoms with Crippen molar-refractivity contribution in [3.8, 4) is 22.3 Å². The number of thiophene rings is 1. The Bertz CT molecular complexity index is 2930. The molecule has 0 bridgehead atoms. The van der Waals surface area contributed by atoms with Gasteiger partial charge in [0.15, 0.2) is 0 Å². The summed E-state index contributed by atoms with van der Waals surface area (Å²) >= 11 is 1.85. The number of rotatable bonds is 6. The summed E-state index contributed by atoms with van der Waals surface area (Å²) in [7, 11) is 0. The van der Waals surface area contributed by atoms with Crippen LogP contribution in [0.4, 0.5) is 28.4 Å². The molecule has 0 aliphatic carbocycles. The first-order chi connectivity index (χ1) is 27.7. The van der Waals surface area contributed by atoms with Crippen LogP contribution in [0.15, 0.2) is 213 Å². The normalized spacial score (nSPS) is 13.9. The summed E-state index contributed by atoms with van der Waals surface area (Å²) in [5.41, 5.74) is 12.6. The lowest BCUT2D eigenvalue weighted by molar-refractivity contribution is 1.10. The molecule has 1 aliphatic rings. The molecule has 1 aliphatic heterocycles. The second-order valence-electron chi connectivity index (χ2n) is 14.2. The predicted octanol–water partition coefficient (Wildman–Crippen LogP) is 15.3. The molecular weight excluding hydrogens is 697 g/mol. The second kappa shape index (κ2) is 14.4. The number of benzene rings is 8. The number of anilines is 5. The summed E-state index contributed by atoms with van der Waals surface area (Å²) in [6.07, 6.45) is 8.52. The van der Waals surface area contributed by atoms with E-state index in [2.05, 4.69) is 223 Å². The lowest BCUT2D eigenvalue weighted by atomic mass is 9.97. The smallest absolute Gasteiger partial charge is 0.0572 e. The van der Waals surface area contributed by atoms with Crippen molar-refractivity contribution >= 4 is 76.3 Å². The van der Waals surface area contributed by atoms with E-state index in [-0.39, 0.29) is 0 Å². The average molecular weight is 735 g/mol. The van der Waals surface area contributed by atoms with Crippen LogP contribution in [-0.4, -0.2) is 6.54 Å². The Hall–Kier alpha value is -6.94. The van der Waals surface area contributed by atoms with Crippen molar-refractivity contribution in [3.05, 3.63) is 218 Å². The number of allylic oxidation sites excluding steroid dienone is 4. The van der Waals surface area contributed by atoms with Crippen molar-refractivity contribution in [2.24, 2.45) is 0 Å². The maximum atomic E-state index is 4.43. The fraction of sp³-hybridized carbons (Fsp3) is 0.0189. The summed E-state index contributed by atoms with van der Waals surface area (Å²) in [6.45, 7) is 5.19. The number of fused-ring (bicyclic) bond motifs is 6. The van der Waals surface area contributed by atoms with Crippen LogP contribution in [-0.2, 0) is 0 Å². The molecule has 8 aromatic carbocycles. The molecule has 0 unspecified atom stereocenters. The molecule has 0 spiro atoms. The molecule has 0 amide bonds. The van der Waals surface area contributed by atoms with Crippen LogP contribution in [0.3, 0.4) is 0 Å². The molecule has 2 nitrogen and oxygen atoms in total. The minimum Gasteiger partial charge on any atom is -0.337 e. The van der Waals surface area contributed by atoms with Gasteiger partial charge in [0, 0.05) is 60.4 Å². The summed E-state index contributed by atoms with van der Waals surface area (Å²) in [6, 6.07) is 66.1. The van der Waals surface area contributed by atoms with Gasteiger partial charge < -0.3 is 9.80 Å². The van der Waals surface area contributed by atoms with Gasteiger partial charge in [0.05, 0.1) is 5.69 Å². The van der Waals surface area contributed by atoms with Gasteiger partial charge in [-0.2, -0.15) is 0 Å². The first-order valence-electron chi connectivity index (χ1n) is 19.1.